The number of nitrogens with zero attached hydrogens (tertiary/aromatic N) is 2. The zero-order valence-corrected chi connectivity index (χ0v) is 36.1. The summed E-state index contributed by atoms with van der Waals surface area (Å²) in [6.07, 6.45) is 30.9. The van der Waals surface area contributed by atoms with Crippen LogP contribution < -0.4 is 24.8 Å². The monoisotopic (exact) mass is 735 g/mol. The molecule has 0 bridgehead atoms. The van der Waals surface area contributed by atoms with Crippen molar-refractivity contribution >= 4 is 0 Å². The van der Waals surface area contributed by atoms with Gasteiger partial charge in [-0.3, -0.25) is 0 Å². The maximum Gasteiger partial charge on any atom is 0.114 e. The van der Waals surface area contributed by atoms with Gasteiger partial charge in [-0.2, -0.15) is 0 Å². The highest BCUT2D eigenvalue weighted by Crippen LogP contribution is 2.30. The number of rotatable bonds is 28. The molecule has 0 amide bonds. The Hall–Kier alpha value is -1.06. The molecule has 292 valence electrons. The molecule has 0 spiro atoms. The van der Waals surface area contributed by atoms with Crippen LogP contribution in [0.2, 0.25) is 0 Å². The van der Waals surface area contributed by atoms with Crippen LogP contribution >= 0.6 is 0 Å². The molecular formula is C46H84Cl2N2. The van der Waals surface area contributed by atoms with E-state index in [9.17, 15) is 0 Å². The molecule has 0 radical (unpaired) electrons. The first kappa shape index (κ1) is 51.0. The molecule has 4 heteroatoms. The van der Waals surface area contributed by atoms with Crippen molar-refractivity contribution in [2.45, 2.75) is 181 Å². The summed E-state index contributed by atoms with van der Waals surface area (Å²) in [4.78, 5) is 0. The number of halogens is 2. The van der Waals surface area contributed by atoms with Crippen LogP contribution in [0, 0.1) is 0 Å². The first-order valence-electron chi connectivity index (χ1n) is 21.0. The Labute approximate surface area is 326 Å². The van der Waals surface area contributed by atoms with E-state index < -0.39 is 0 Å². The standard InChI is InChI=1S/2C23H42N.2ClH/c2*1-5-7-8-9-10-11-12-13-14-18-21-24(3,4)23(6-2)22-19-16-15-17-20-22;;/h2*15-17,19-20,23H,5-14,18,21H2,1-4H3;2*1H/q2*+1;;/p-2. The van der Waals surface area contributed by atoms with Crippen molar-refractivity contribution in [3.63, 3.8) is 0 Å². The Morgan fingerprint density at radius 1 is 0.360 bits per heavy atom. The van der Waals surface area contributed by atoms with Crippen molar-refractivity contribution in [2.24, 2.45) is 0 Å². The van der Waals surface area contributed by atoms with Crippen LogP contribution in [0.5, 0.6) is 0 Å². The average Bonchev–Trinajstić information content (AvgIpc) is 3.08. The van der Waals surface area contributed by atoms with Crippen LogP contribution in [0.15, 0.2) is 60.7 Å². The molecule has 0 aromatic heterocycles. The van der Waals surface area contributed by atoms with E-state index >= 15 is 0 Å². The van der Waals surface area contributed by atoms with Crippen molar-refractivity contribution < 1.29 is 33.8 Å². The molecule has 2 atom stereocenters. The summed E-state index contributed by atoms with van der Waals surface area (Å²) in [6.45, 7) is 11.8. The van der Waals surface area contributed by atoms with Crippen LogP contribution in [-0.2, 0) is 0 Å². The third-order valence-corrected chi connectivity index (χ3v) is 11.0. The van der Waals surface area contributed by atoms with Gasteiger partial charge in [-0.25, -0.2) is 0 Å². The van der Waals surface area contributed by atoms with Crippen molar-refractivity contribution in [1.29, 1.82) is 0 Å². The molecule has 2 aromatic rings. The van der Waals surface area contributed by atoms with E-state index in [1.165, 1.54) is 165 Å². The van der Waals surface area contributed by atoms with E-state index in [1.54, 1.807) is 0 Å². The molecule has 2 rings (SSSR count). The van der Waals surface area contributed by atoms with E-state index in [0.29, 0.717) is 12.1 Å². The van der Waals surface area contributed by atoms with Crippen LogP contribution in [0.3, 0.4) is 0 Å². The number of benzene rings is 2. The Balaban J connectivity index is 0. The molecule has 0 heterocycles. The maximum absolute atomic E-state index is 2.41. The van der Waals surface area contributed by atoms with Gasteiger partial charge in [-0.05, 0) is 25.7 Å². The smallest absolute Gasteiger partial charge is 0.114 e. The quantitative estimate of drug-likeness (QED) is 0.0610. The summed E-state index contributed by atoms with van der Waals surface area (Å²) in [5, 5.41) is 0. The van der Waals surface area contributed by atoms with Gasteiger partial charge >= 0.3 is 0 Å². The van der Waals surface area contributed by atoms with Crippen molar-refractivity contribution in [3.8, 4) is 0 Å². The van der Waals surface area contributed by atoms with Gasteiger partial charge in [0.2, 0.25) is 0 Å². The molecule has 0 saturated heterocycles. The molecular weight excluding hydrogens is 651 g/mol. The lowest BCUT2D eigenvalue weighted by atomic mass is 10.0. The molecule has 2 unspecified atom stereocenters. The lowest BCUT2D eigenvalue weighted by Gasteiger charge is -2.38. The molecule has 0 aliphatic rings. The van der Waals surface area contributed by atoms with Crippen LogP contribution in [0.4, 0.5) is 0 Å². The molecule has 0 fully saturated rings. The fraction of sp³-hybridized carbons (Fsp3) is 0.739. The second-order valence-corrected chi connectivity index (χ2v) is 16.0. The zero-order valence-electron chi connectivity index (χ0n) is 34.5. The van der Waals surface area contributed by atoms with Crippen molar-refractivity contribution in [3.05, 3.63) is 71.8 Å². The van der Waals surface area contributed by atoms with Gasteiger partial charge < -0.3 is 33.8 Å². The summed E-state index contributed by atoms with van der Waals surface area (Å²) in [7, 11) is 9.65. The van der Waals surface area contributed by atoms with Gasteiger partial charge in [0.15, 0.2) is 0 Å². The molecule has 2 aromatic carbocycles. The van der Waals surface area contributed by atoms with Gasteiger partial charge in [-0.1, -0.05) is 191 Å². The largest absolute Gasteiger partial charge is 1.00 e. The minimum Gasteiger partial charge on any atom is -1.00 e. The van der Waals surface area contributed by atoms with Gasteiger partial charge in [0.1, 0.15) is 12.1 Å². The predicted octanol–water partition coefficient (Wildman–Crippen LogP) is 8.28. The summed E-state index contributed by atoms with van der Waals surface area (Å²) in [6, 6.07) is 23.4. The second kappa shape index (κ2) is 32.6. The fourth-order valence-electron chi connectivity index (χ4n) is 7.94. The zero-order chi connectivity index (χ0) is 35.4. The molecule has 0 saturated carbocycles. The lowest BCUT2D eigenvalue weighted by molar-refractivity contribution is -0.921. The van der Waals surface area contributed by atoms with E-state index in [-0.39, 0.29) is 24.8 Å². The van der Waals surface area contributed by atoms with Crippen molar-refractivity contribution in [2.75, 3.05) is 41.3 Å². The predicted molar refractivity (Wildman–Crippen MR) is 217 cm³/mol. The first-order valence-corrected chi connectivity index (χ1v) is 21.0. The highest BCUT2D eigenvalue weighted by atomic mass is 35.5. The Bertz CT molecular complexity index is 883. The van der Waals surface area contributed by atoms with Crippen LogP contribution in [-0.4, -0.2) is 50.2 Å². The number of hydrogen-bond donors (Lipinski definition) is 0. The van der Waals surface area contributed by atoms with Gasteiger partial charge in [-0.15, -0.1) is 0 Å². The molecule has 0 aliphatic heterocycles. The van der Waals surface area contributed by atoms with E-state index in [2.05, 4.69) is 117 Å². The van der Waals surface area contributed by atoms with Gasteiger partial charge in [0.25, 0.3) is 0 Å². The van der Waals surface area contributed by atoms with E-state index in [4.69, 9.17) is 0 Å². The average molecular weight is 736 g/mol. The topological polar surface area (TPSA) is 0 Å². The van der Waals surface area contributed by atoms with E-state index in [1.807, 2.05) is 0 Å². The molecule has 2 nitrogen and oxygen atoms in total. The third kappa shape index (κ3) is 23.5. The van der Waals surface area contributed by atoms with Crippen LogP contribution in [0.25, 0.3) is 0 Å². The summed E-state index contributed by atoms with van der Waals surface area (Å²) in [5.41, 5.74) is 2.99. The molecule has 0 N–H and O–H groups in total. The van der Waals surface area contributed by atoms with Crippen LogP contribution in [0.1, 0.15) is 192 Å². The second-order valence-electron chi connectivity index (χ2n) is 16.0. The third-order valence-electron chi connectivity index (χ3n) is 11.0. The Morgan fingerprint density at radius 2 is 0.600 bits per heavy atom. The fourth-order valence-corrected chi connectivity index (χ4v) is 7.94. The lowest BCUT2D eigenvalue weighted by Crippen LogP contribution is -3.00. The summed E-state index contributed by atoms with van der Waals surface area (Å²) in [5.74, 6) is 0. The SMILES string of the molecule is CCCCCCCCCCCC[N+](C)(C)C(CC)c1ccccc1.CCCCCCCCCCCC[N+](C)(C)C(CC)c1ccccc1.[Cl-].[Cl-]. The Kier molecular flexibility index (Phi) is 33.3. The Morgan fingerprint density at radius 3 is 0.840 bits per heavy atom. The minimum absolute atomic E-state index is 0. The van der Waals surface area contributed by atoms with E-state index in [0.717, 1.165) is 8.97 Å². The van der Waals surface area contributed by atoms with Gasteiger partial charge in [0, 0.05) is 24.0 Å². The number of quaternary nitrogens is 2. The maximum atomic E-state index is 2.41. The minimum atomic E-state index is 0. The number of unbranched alkanes of at least 4 members (excludes halogenated alkanes) is 18. The highest BCUT2D eigenvalue weighted by molar-refractivity contribution is 5.18. The molecule has 0 aliphatic carbocycles. The summed E-state index contributed by atoms with van der Waals surface area (Å²) >= 11 is 0. The van der Waals surface area contributed by atoms with Gasteiger partial charge in [0.05, 0.1) is 41.3 Å². The normalized spacial score (nSPS) is 12.6. The molecule has 50 heavy (non-hydrogen) atoms. The first-order chi connectivity index (χ1) is 23.2. The summed E-state index contributed by atoms with van der Waals surface area (Å²) < 4.78 is 2.25. The van der Waals surface area contributed by atoms with Crippen molar-refractivity contribution in [1.82, 2.24) is 0 Å². The highest BCUT2D eigenvalue weighted by Gasteiger charge is 2.28. The number of hydrogen-bond acceptors (Lipinski definition) is 0.